The molecule has 138 valence electrons. The quantitative estimate of drug-likeness (QED) is 0.580. The van der Waals surface area contributed by atoms with Crippen LogP contribution < -0.4 is 11.1 Å². The number of carbonyl (C=O) groups excluding carboxylic acids is 1. The molecule has 0 spiro atoms. The molecule has 1 aliphatic rings. The first-order valence-corrected chi connectivity index (χ1v) is 9.12. The van der Waals surface area contributed by atoms with Crippen molar-refractivity contribution in [1.82, 2.24) is 10.2 Å². The molecule has 1 unspecified atom stereocenters. The summed E-state index contributed by atoms with van der Waals surface area (Å²) in [6, 6.07) is 6.33. The number of carboxylic acids is 1. The molecule has 1 saturated heterocycles. The number of carboxylic acid groups (broad SMARTS) is 1. The molecule has 0 radical (unpaired) electrons. The van der Waals surface area contributed by atoms with Gasteiger partial charge in [-0.15, -0.1) is 0 Å². The summed E-state index contributed by atoms with van der Waals surface area (Å²) in [7, 11) is 0. The molecule has 2 rings (SSSR count). The van der Waals surface area contributed by atoms with Gasteiger partial charge in [0.2, 0.25) is 5.91 Å². The number of rotatable bonds is 9. The lowest BCUT2D eigenvalue weighted by Gasteiger charge is -2.27. The van der Waals surface area contributed by atoms with Gasteiger partial charge in [0.05, 0.1) is 6.04 Å². The summed E-state index contributed by atoms with van der Waals surface area (Å²) in [6.45, 7) is 1.62. The second-order valence-electron chi connectivity index (χ2n) is 6.37. The summed E-state index contributed by atoms with van der Waals surface area (Å²) >= 11 is 5.89. The Labute approximate surface area is 153 Å². The third-order valence-corrected chi connectivity index (χ3v) is 4.78. The van der Waals surface area contributed by atoms with Gasteiger partial charge in [-0.3, -0.25) is 4.79 Å². The molecule has 1 aliphatic heterocycles. The molecule has 1 fully saturated rings. The van der Waals surface area contributed by atoms with E-state index in [0.29, 0.717) is 37.5 Å². The zero-order valence-corrected chi connectivity index (χ0v) is 15.0. The maximum absolute atomic E-state index is 12.9. The monoisotopic (exact) mass is 367 g/mol. The van der Waals surface area contributed by atoms with Gasteiger partial charge in [0.25, 0.3) is 0 Å². The number of hydrogen-bond donors (Lipinski definition) is 3. The summed E-state index contributed by atoms with van der Waals surface area (Å²) in [4.78, 5) is 25.7. The van der Waals surface area contributed by atoms with Crippen molar-refractivity contribution in [3.63, 3.8) is 0 Å². The molecule has 6 nitrogen and oxygen atoms in total. The Balaban J connectivity index is 2.01. The zero-order valence-electron chi connectivity index (χ0n) is 14.3. The highest BCUT2D eigenvalue weighted by Crippen LogP contribution is 2.20. The van der Waals surface area contributed by atoms with Crippen molar-refractivity contribution < 1.29 is 14.7 Å². The minimum Gasteiger partial charge on any atom is -0.480 e. The first-order valence-electron chi connectivity index (χ1n) is 8.74. The maximum atomic E-state index is 12.9. The lowest BCUT2D eigenvalue weighted by atomic mass is 10.1. The minimum atomic E-state index is -0.927. The molecule has 0 saturated carbocycles. The standard InChI is InChI=1S/C18H26ClN3O3/c19-14-8-6-13(7-9-14)12-21-15(4-1-2-10-20)17(23)22-11-3-5-16(22)18(24)25/h6-9,15-16,21H,1-5,10-12,20H2,(H,24,25)/t15?,16-/m0/s1. The molecule has 0 aliphatic carbocycles. The summed E-state index contributed by atoms with van der Waals surface area (Å²) in [5.74, 6) is -1.06. The molecule has 1 aromatic rings. The van der Waals surface area contributed by atoms with E-state index in [9.17, 15) is 14.7 Å². The van der Waals surface area contributed by atoms with Crippen molar-refractivity contribution >= 4 is 23.5 Å². The first kappa shape index (κ1) is 19.7. The number of likely N-dealkylation sites (tertiary alicyclic amines) is 1. The van der Waals surface area contributed by atoms with Crippen LogP contribution in [0.25, 0.3) is 0 Å². The molecule has 4 N–H and O–H groups in total. The van der Waals surface area contributed by atoms with E-state index in [1.165, 1.54) is 4.90 Å². The van der Waals surface area contributed by atoms with Crippen molar-refractivity contribution in [3.8, 4) is 0 Å². The number of nitrogens with zero attached hydrogens (tertiary/aromatic N) is 1. The van der Waals surface area contributed by atoms with Gasteiger partial charge in [0.15, 0.2) is 0 Å². The molecule has 1 heterocycles. The molecule has 0 aromatic heterocycles. The van der Waals surface area contributed by atoms with Crippen LogP contribution in [0.1, 0.15) is 37.7 Å². The van der Waals surface area contributed by atoms with Crippen LogP contribution in [0.15, 0.2) is 24.3 Å². The van der Waals surface area contributed by atoms with Gasteiger partial charge < -0.3 is 21.1 Å². The van der Waals surface area contributed by atoms with Crippen molar-refractivity contribution in [2.24, 2.45) is 5.73 Å². The number of amides is 1. The maximum Gasteiger partial charge on any atom is 0.326 e. The van der Waals surface area contributed by atoms with Gasteiger partial charge in [0, 0.05) is 18.1 Å². The van der Waals surface area contributed by atoms with E-state index in [2.05, 4.69) is 5.32 Å². The number of carbonyl (C=O) groups is 2. The van der Waals surface area contributed by atoms with E-state index in [4.69, 9.17) is 17.3 Å². The van der Waals surface area contributed by atoms with E-state index in [1.54, 1.807) is 0 Å². The number of nitrogens with one attached hydrogen (secondary N) is 1. The highest BCUT2D eigenvalue weighted by atomic mass is 35.5. The second kappa shape index (κ2) is 9.75. The molecule has 1 aromatic carbocycles. The number of benzene rings is 1. The van der Waals surface area contributed by atoms with Crippen LogP contribution in [-0.4, -0.2) is 47.1 Å². The highest BCUT2D eigenvalue weighted by molar-refractivity contribution is 6.30. The van der Waals surface area contributed by atoms with E-state index < -0.39 is 18.1 Å². The predicted octanol–water partition coefficient (Wildman–Crippen LogP) is 2.00. The lowest BCUT2D eigenvalue weighted by Crippen LogP contribution is -2.50. The Morgan fingerprint density at radius 2 is 2.04 bits per heavy atom. The Morgan fingerprint density at radius 3 is 2.68 bits per heavy atom. The average Bonchev–Trinajstić information content (AvgIpc) is 3.09. The lowest BCUT2D eigenvalue weighted by molar-refractivity contribution is -0.149. The minimum absolute atomic E-state index is 0.129. The van der Waals surface area contributed by atoms with Crippen LogP contribution in [0, 0.1) is 0 Å². The molecule has 1 amide bonds. The van der Waals surface area contributed by atoms with E-state index in [0.717, 1.165) is 24.8 Å². The topological polar surface area (TPSA) is 95.7 Å². The Morgan fingerprint density at radius 1 is 1.32 bits per heavy atom. The predicted molar refractivity (Wildman–Crippen MR) is 97.4 cm³/mol. The van der Waals surface area contributed by atoms with Crippen LogP contribution >= 0.6 is 11.6 Å². The van der Waals surface area contributed by atoms with Gasteiger partial charge in [-0.2, -0.15) is 0 Å². The largest absolute Gasteiger partial charge is 0.480 e. The van der Waals surface area contributed by atoms with Gasteiger partial charge in [-0.1, -0.05) is 30.2 Å². The van der Waals surface area contributed by atoms with Crippen LogP contribution in [0.5, 0.6) is 0 Å². The average molecular weight is 368 g/mol. The number of aliphatic carboxylic acids is 1. The molecule has 25 heavy (non-hydrogen) atoms. The normalized spacial score (nSPS) is 18.3. The van der Waals surface area contributed by atoms with Crippen LogP contribution in [0.4, 0.5) is 0 Å². The van der Waals surface area contributed by atoms with Gasteiger partial charge in [-0.25, -0.2) is 4.79 Å². The number of hydrogen-bond acceptors (Lipinski definition) is 4. The van der Waals surface area contributed by atoms with E-state index in [-0.39, 0.29) is 5.91 Å². The first-order chi connectivity index (χ1) is 12.0. The SMILES string of the molecule is NCCCCC(NCc1ccc(Cl)cc1)C(=O)N1CCC[C@H]1C(=O)O. The molecular formula is C18H26ClN3O3. The third-order valence-electron chi connectivity index (χ3n) is 4.53. The molecule has 7 heteroatoms. The fourth-order valence-corrected chi connectivity index (χ4v) is 3.26. The fraction of sp³-hybridized carbons (Fsp3) is 0.556. The second-order valence-corrected chi connectivity index (χ2v) is 6.81. The summed E-state index contributed by atoms with van der Waals surface area (Å²) in [5, 5.41) is 13.3. The fourth-order valence-electron chi connectivity index (χ4n) is 3.14. The zero-order chi connectivity index (χ0) is 18.2. The summed E-state index contributed by atoms with van der Waals surface area (Å²) in [6.07, 6.45) is 3.57. The van der Waals surface area contributed by atoms with Crippen molar-refractivity contribution in [1.29, 1.82) is 0 Å². The van der Waals surface area contributed by atoms with Gasteiger partial charge in [-0.05, 0) is 49.9 Å². The van der Waals surface area contributed by atoms with Crippen LogP contribution in [-0.2, 0) is 16.1 Å². The summed E-state index contributed by atoms with van der Waals surface area (Å²) < 4.78 is 0. The number of nitrogens with two attached hydrogens (primary N) is 1. The van der Waals surface area contributed by atoms with Gasteiger partial charge in [0.1, 0.15) is 6.04 Å². The van der Waals surface area contributed by atoms with Crippen molar-refractivity contribution in [2.45, 2.75) is 50.7 Å². The summed E-state index contributed by atoms with van der Waals surface area (Å²) in [5.41, 5.74) is 6.57. The Kier molecular flexibility index (Phi) is 7.68. The van der Waals surface area contributed by atoms with E-state index >= 15 is 0 Å². The van der Waals surface area contributed by atoms with E-state index in [1.807, 2.05) is 24.3 Å². The molecule has 2 atom stereocenters. The highest BCUT2D eigenvalue weighted by Gasteiger charge is 2.36. The Hall–Kier alpha value is -1.63. The van der Waals surface area contributed by atoms with Gasteiger partial charge >= 0.3 is 5.97 Å². The van der Waals surface area contributed by atoms with Crippen molar-refractivity contribution in [2.75, 3.05) is 13.1 Å². The molecular weight excluding hydrogens is 342 g/mol. The van der Waals surface area contributed by atoms with Crippen LogP contribution in [0.2, 0.25) is 5.02 Å². The third kappa shape index (κ3) is 5.70. The number of unbranched alkanes of at least 4 members (excludes halogenated alkanes) is 1. The Bertz CT molecular complexity index is 579. The number of halogens is 1. The molecule has 0 bridgehead atoms. The smallest absolute Gasteiger partial charge is 0.326 e. The van der Waals surface area contributed by atoms with Crippen LogP contribution in [0.3, 0.4) is 0 Å². The van der Waals surface area contributed by atoms with Crippen molar-refractivity contribution in [3.05, 3.63) is 34.9 Å².